The first-order chi connectivity index (χ1) is 16.4. The number of anilines is 1. The SMILES string of the molecule is CC.NC(CCC(=O)O)C(=O)N1CCN(c2nnc(-c3ccc(Cl)cc3)c3ccccc23)CC1. The minimum Gasteiger partial charge on any atom is -0.481 e. The molecule has 1 atom stereocenters. The van der Waals surface area contributed by atoms with Gasteiger partial charge in [0.1, 0.15) is 5.69 Å². The van der Waals surface area contributed by atoms with E-state index in [1.165, 1.54) is 0 Å². The maximum absolute atomic E-state index is 12.5. The Bertz CT molecular complexity index is 1130. The monoisotopic (exact) mass is 483 g/mol. The number of carboxylic acid groups (broad SMARTS) is 1. The summed E-state index contributed by atoms with van der Waals surface area (Å²) in [6.07, 6.45) is 0.0189. The Morgan fingerprint density at radius 3 is 2.24 bits per heavy atom. The Kier molecular flexibility index (Phi) is 8.79. The molecular formula is C25H30ClN5O3. The summed E-state index contributed by atoms with van der Waals surface area (Å²) in [6.45, 7) is 6.18. The molecule has 2 aromatic carbocycles. The van der Waals surface area contributed by atoms with Crippen LogP contribution in [0.15, 0.2) is 48.5 Å². The number of piperazine rings is 1. The molecule has 1 aliphatic rings. The first-order valence-corrected chi connectivity index (χ1v) is 11.8. The van der Waals surface area contributed by atoms with Crippen molar-refractivity contribution in [3.8, 4) is 11.3 Å². The number of aliphatic carboxylic acids is 1. The summed E-state index contributed by atoms with van der Waals surface area (Å²) in [4.78, 5) is 27.1. The van der Waals surface area contributed by atoms with Crippen LogP contribution in [0.4, 0.5) is 5.82 Å². The standard InChI is InChI=1S/C23H24ClN5O3.C2H6/c24-16-7-5-15(6-8-16)21-17-3-1-2-4-18(17)22(27-26-21)28-11-13-29(14-12-28)23(32)19(25)9-10-20(30)31;1-2/h1-8,19H,9-14,25H2,(H,30,31);1-2H3. The number of rotatable bonds is 6. The summed E-state index contributed by atoms with van der Waals surface area (Å²) < 4.78 is 0. The second kappa shape index (κ2) is 11.8. The molecule has 0 spiro atoms. The van der Waals surface area contributed by atoms with Gasteiger partial charge in [-0.05, 0) is 18.6 Å². The minimum absolute atomic E-state index is 0.117. The highest BCUT2D eigenvalue weighted by molar-refractivity contribution is 6.30. The predicted octanol–water partition coefficient (Wildman–Crippen LogP) is 3.82. The zero-order valence-corrected chi connectivity index (χ0v) is 20.2. The van der Waals surface area contributed by atoms with Crippen molar-refractivity contribution in [2.24, 2.45) is 5.73 Å². The fourth-order valence-electron chi connectivity index (χ4n) is 3.92. The number of carboxylic acids is 1. The van der Waals surface area contributed by atoms with Crippen LogP contribution in [0.5, 0.6) is 0 Å². The van der Waals surface area contributed by atoms with Gasteiger partial charge in [0.05, 0.1) is 6.04 Å². The number of hydrogen-bond donors (Lipinski definition) is 2. The maximum Gasteiger partial charge on any atom is 0.303 e. The average Bonchev–Trinajstić information content (AvgIpc) is 2.88. The van der Waals surface area contributed by atoms with Crippen LogP contribution in [-0.2, 0) is 9.59 Å². The van der Waals surface area contributed by atoms with E-state index in [1.54, 1.807) is 4.90 Å². The minimum atomic E-state index is -0.953. The molecule has 0 saturated carbocycles. The molecule has 1 fully saturated rings. The normalized spacial score (nSPS) is 14.4. The lowest BCUT2D eigenvalue weighted by molar-refractivity contribution is -0.137. The first-order valence-electron chi connectivity index (χ1n) is 11.5. The van der Waals surface area contributed by atoms with Crippen molar-refractivity contribution < 1.29 is 14.7 Å². The second-order valence-electron chi connectivity index (χ2n) is 7.78. The fourth-order valence-corrected chi connectivity index (χ4v) is 4.05. The molecule has 0 bridgehead atoms. The summed E-state index contributed by atoms with van der Waals surface area (Å²) in [5.41, 5.74) is 7.63. The molecule has 180 valence electrons. The zero-order valence-electron chi connectivity index (χ0n) is 19.4. The molecule has 4 rings (SSSR count). The van der Waals surface area contributed by atoms with Gasteiger partial charge >= 0.3 is 5.97 Å². The smallest absolute Gasteiger partial charge is 0.303 e. The Labute approximate surface area is 204 Å². The average molecular weight is 484 g/mol. The number of amides is 1. The Hall–Kier alpha value is -3.23. The van der Waals surface area contributed by atoms with Gasteiger partial charge in [0, 0.05) is 54.0 Å². The molecular weight excluding hydrogens is 454 g/mol. The Morgan fingerprint density at radius 2 is 1.62 bits per heavy atom. The van der Waals surface area contributed by atoms with Crippen LogP contribution >= 0.6 is 11.6 Å². The molecule has 8 nitrogen and oxygen atoms in total. The van der Waals surface area contributed by atoms with Crippen LogP contribution < -0.4 is 10.6 Å². The highest BCUT2D eigenvalue weighted by Gasteiger charge is 2.27. The number of carbonyl (C=O) groups excluding carboxylic acids is 1. The number of benzene rings is 2. The van der Waals surface area contributed by atoms with E-state index in [2.05, 4.69) is 15.1 Å². The molecule has 34 heavy (non-hydrogen) atoms. The largest absolute Gasteiger partial charge is 0.481 e. The molecule has 3 N–H and O–H groups in total. The summed E-state index contributed by atoms with van der Waals surface area (Å²) in [7, 11) is 0. The number of carbonyl (C=O) groups is 2. The summed E-state index contributed by atoms with van der Waals surface area (Å²) in [6, 6.07) is 14.7. The van der Waals surface area contributed by atoms with Crippen molar-refractivity contribution in [1.82, 2.24) is 15.1 Å². The Balaban J connectivity index is 0.00000158. The topological polar surface area (TPSA) is 113 Å². The lowest BCUT2D eigenvalue weighted by Gasteiger charge is -2.36. The van der Waals surface area contributed by atoms with Crippen LogP contribution in [0.1, 0.15) is 26.7 Å². The van der Waals surface area contributed by atoms with E-state index in [1.807, 2.05) is 62.4 Å². The van der Waals surface area contributed by atoms with Crippen LogP contribution in [0, 0.1) is 0 Å². The third kappa shape index (κ3) is 5.81. The summed E-state index contributed by atoms with van der Waals surface area (Å²) in [5.74, 6) is -0.383. The number of nitrogens with zero attached hydrogens (tertiary/aromatic N) is 4. The highest BCUT2D eigenvalue weighted by Crippen LogP contribution is 2.32. The molecule has 1 aliphatic heterocycles. The van der Waals surface area contributed by atoms with Gasteiger partial charge in [0.25, 0.3) is 0 Å². The van der Waals surface area contributed by atoms with Crippen LogP contribution in [-0.4, -0.2) is 64.3 Å². The van der Waals surface area contributed by atoms with E-state index in [4.69, 9.17) is 22.4 Å². The molecule has 3 aromatic rings. The third-order valence-corrected chi connectivity index (χ3v) is 5.91. The van der Waals surface area contributed by atoms with Crippen molar-refractivity contribution in [3.05, 3.63) is 53.6 Å². The molecule has 0 aliphatic carbocycles. The number of nitrogens with two attached hydrogens (primary N) is 1. The molecule has 1 saturated heterocycles. The van der Waals surface area contributed by atoms with Gasteiger partial charge in [0.15, 0.2) is 5.82 Å². The first kappa shape index (κ1) is 25.4. The van der Waals surface area contributed by atoms with Gasteiger partial charge in [-0.2, -0.15) is 0 Å². The third-order valence-electron chi connectivity index (χ3n) is 5.66. The van der Waals surface area contributed by atoms with E-state index < -0.39 is 12.0 Å². The number of halogens is 1. The van der Waals surface area contributed by atoms with Gasteiger partial charge in [0.2, 0.25) is 5.91 Å². The maximum atomic E-state index is 12.5. The fraction of sp³-hybridized carbons (Fsp3) is 0.360. The van der Waals surface area contributed by atoms with Crippen LogP contribution in [0.25, 0.3) is 22.0 Å². The van der Waals surface area contributed by atoms with Gasteiger partial charge in [-0.25, -0.2) is 0 Å². The predicted molar refractivity (Wildman–Crippen MR) is 135 cm³/mol. The van der Waals surface area contributed by atoms with Gasteiger partial charge in [-0.3, -0.25) is 9.59 Å². The lowest BCUT2D eigenvalue weighted by Crippen LogP contribution is -2.53. The highest BCUT2D eigenvalue weighted by atomic mass is 35.5. The molecule has 0 radical (unpaired) electrons. The molecule has 2 heterocycles. The Morgan fingerprint density at radius 1 is 1.00 bits per heavy atom. The van der Waals surface area contributed by atoms with E-state index >= 15 is 0 Å². The lowest BCUT2D eigenvalue weighted by atomic mass is 10.0. The molecule has 9 heteroatoms. The van der Waals surface area contributed by atoms with Crippen molar-refractivity contribution in [2.75, 3.05) is 31.1 Å². The summed E-state index contributed by atoms with van der Waals surface area (Å²) in [5, 5.41) is 20.5. The van der Waals surface area contributed by atoms with Crippen molar-refractivity contribution in [1.29, 1.82) is 0 Å². The van der Waals surface area contributed by atoms with E-state index in [0.717, 1.165) is 27.8 Å². The summed E-state index contributed by atoms with van der Waals surface area (Å²) >= 11 is 6.02. The van der Waals surface area contributed by atoms with Gasteiger partial charge < -0.3 is 20.6 Å². The number of hydrogen-bond acceptors (Lipinski definition) is 6. The van der Waals surface area contributed by atoms with Gasteiger partial charge in [-0.15, -0.1) is 10.2 Å². The number of fused-ring (bicyclic) bond motifs is 1. The number of aromatic nitrogens is 2. The van der Waals surface area contributed by atoms with Crippen molar-refractivity contribution in [3.63, 3.8) is 0 Å². The molecule has 1 amide bonds. The zero-order chi connectivity index (χ0) is 24.7. The van der Waals surface area contributed by atoms with E-state index in [-0.39, 0.29) is 18.7 Å². The van der Waals surface area contributed by atoms with Crippen LogP contribution in [0.3, 0.4) is 0 Å². The second-order valence-corrected chi connectivity index (χ2v) is 8.21. The van der Waals surface area contributed by atoms with E-state index in [0.29, 0.717) is 31.2 Å². The quantitative estimate of drug-likeness (QED) is 0.548. The molecule has 1 unspecified atom stereocenters. The van der Waals surface area contributed by atoms with Crippen LogP contribution in [0.2, 0.25) is 5.02 Å². The van der Waals surface area contributed by atoms with Gasteiger partial charge in [-0.1, -0.05) is 61.8 Å². The molecule has 1 aromatic heterocycles. The van der Waals surface area contributed by atoms with Crippen molar-refractivity contribution >= 4 is 40.1 Å². The van der Waals surface area contributed by atoms with Crippen molar-refractivity contribution in [2.45, 2.75) is 32.7 Å². The van der Waals surface area contributed by atoms with E-state index in [9.17, 15) is 9.59 Å².